The number of ether oxygens (including phenoxy) is 3. The van der Waals surface area contributed by atoms with Crippen molar-refractivity contribution >= 4 is 5.97 Å². The fourth-order valence-corrected chi connectivity index (χ4v) is 2.99. The second kappa shape index (κ2) is 9.10. The molecule has 0 heterocycles. The normalized spacial score (nSPS) is 11.6. The van der Waals surface area contributed by atoms with Gasteiger partial charge in [0.05, 0.1) is 20.1 Å². The van der Waals surface area contributed by atoms with Crippen LogP contribution in [0.5, 0.6) is 23.0 Å². The van der Waals surface area contributed by atoms with Crippen molar-refractivity contribution < 1.29 is 28.5 Å². The van der Waals surface area contributed by atoms with E-state index in [2.05, 4.69) is 0 Å². The van der Waals surface area contributed by atoms with Crippen molar-refractivity contribution in [1.82, 2.24) is 0 Å². The van der Waals surface area contributed by atoms with Crippen molar-refractivity contribution in [2.24, 2.45) is 0 Å². The predicted molar refractivity (Wildman–Crippen MR) is 107 cm³/mol. The minimum absolute atomic E-state index is 0.307. The van der Waals surface area contributed by atoms with Gasteiger partial charge in [0.15, 0.2) is 11.5 Å². The van der Waals surface area contributed by atoms with Crippen LogP contribution < -0.4 is 14.2 Å². The fraction of sp³-hybridized carbons (Fsp3) is 0.174. The molecule has 0 bridgehead atoms. The molecule has 1 atom stereocenters. The van der Waals surface area contributed by atoms with Crippen molar-refractivity contribution in [1.29, 1.82) is 0 Å². The lowest BCUT2D eigenvalue weighted by molar-refractivity contribution is -0.138. The van der Waals surface area contributed by atoms with Gasteiger partial charge in [-0.15, -0.1) is 0 Å². The van der Waals surface area contributed by atoms with E-state index in [9.17, 15) is 14.3 Å². The molecular formula is C23H21FO5. The molecule has 0 saturated carbocycles. The third-order valence-corrected chi connectivity index (χ3v) is 4.52. The highest BCUT2D eigenvalue weighted by molar-refractivity contribution is 5.77. The maximum atomic E-state index is 13.0. The zero-order valence-corrected chi connectivity index (χ0v) is 16.1. The van der Waals surface area contributed by atoms with Gasteiger partial charge in [-0.05, 0) is 66.1 Å². The van der Waals surface area contributed by atoms with Crippen LogP contribution in [0.25, 0.3) is 0 Å². The Balaban J connectivity index is 1.75. The Labute approximate surface area is 168 Å². The van der Waals surface area contributed by atoms with Gasteiger partial charge in [-0.25, -0.2) is 4.39 Å². The van der Waals surface area contributed by atoms with Gasteiger partial charge in [0.25, 0.3) is 0 Å². The summed E-state index contributed by atoms with van der Waals surface area (Å²) in [6.07, 6.45) is 0.307. The Bertz CT molecular complexity index is 968. The summed E-state index contributed by atoms with van der Waals surface area (Å²) in [5.41, 5.74) is 1.47. The maximum absolute atomic E-state index is 13.0. The first-order valence-electron chi connectivity index (χ1n) is 8.97. The number of carboxylic acids is 1. The molecule has 0 aliphatic carbocycles. The van der Waals surface area contributed by atoms with Crippen LogP contribution in [0.4, 0.5) is 4.39 Å². The highest BCUT2D eigenvalue weighted by Crippen LogP contribution is 2.32. The number of hydrogen-bond donors (Lipinski definition) is 1. The first-order valence-corrected chi connectivity index (χ1v) is 8.97. The van der Waals surface area contributed by atoms with Crippen LogP contribution in [0.1, 0.15) is 17.0 Å². The van der Waals surface area contributed by atoms with Crippen molar-refractivity contribution in [2.75, 3.05) is 14.2 Å². The lowest BCUT2D eigenvalue weighted by Crippen LogP contribution is -2.14. The van der Waals surface area contributed by atoms with E-state index in [1.165, 1.54) is 26.4 Å². The van der Waals surface area contributed by atoms with Crippen LogP contribution in [0.2, 0.25) is 0 Å². The van der Waals surface area contributed by atoms with Crippen LogP contribution >= 0.6 is 0 Å². The van der Waals surface area contributed by atoms with E-state index < -0.39 is 11.9 Å². The molecule has 0 spiro atoms. The molecule has 0 aliphatic heterocycles. The molecule has 6 heteroatoms. The van der Waals surface area contributed by atoms with Crippen LogP contribution in [-0.2, 0) is 11.2 Å². The van der Waals surface area contributed by atoms with Gasteiger partial charge >= 0.3 is 5.97 Å². The zero-order chi connectivity index (χ0) is 20.8. The van der Waals surface area contributed by atoms with E-state index in [0.717, 1.165) is 5.56 Å². The second-order valence-electron chi connectivity index (χ2n) is 6.41. The van der Waals surface area contributed by atoms with E-state index in [4.69, 9.17) is 14.2 Å². The minimum atomic E-state index is -0.927. The third-order valence-electron chi connectivity index (χ3n) is 4.52. The molecule has 3 aromatic rings. The lowest BCUT2D eigenvalue weighted by Gasteiger charge is -2.16. The Morgan fingerprint density at radius 2 is 1.48 bits per heavy atom. The molecular weight excluding hydrogens is 375 g/mol. The molecule has 5 nitrogen and oxygen atoms in total. The van der Waals surface area contributed by atoms with Crippen molar-refractivity contribution in [3.8, 4) is 23.0 Å². The summed E-state index contributed by atoms with van der Waals surface area (Å²) in [6, 6.07) is 18.0. The summed E-state index contributed by atoms with van der Waals surface area (Å²) in [7, 11) is 3.04. The van der Waals surface area contributed by atoms with Crippen LogP contribution in [0.15, 0.2) is 66.7 Å². The summed E-state index contributed by atoms with van der Waals surface area (Å²) in [5.74, 6) is 0.137. The first kappa shape index (κ1) is 20.2. The molecule has 0 aliphatic rings. The Hall–Kier alpha value is -3.54. The predicted octanol–water partition coefficient (Wildman–Crippen LogP) is 5.05. The average molecular weight is 396 g/mol. The number of carbonyl (C=O) groups is 1. The Morgan fingerprint density at radius 3 is 2.03 bits per heavy atom. The van der Waals surface area contributed by atoms with E-state index in [0.29, 0.717) is 35.0 Å². The fourth-order valence-electron chi connectivity index (χ4n) is 2.99. The zero-order valence-electron chi connectivity index (χ0n) is 16.1. The molecule has 0 radical (unpaired) electrons. The van der Waals surface area contributed by atoms with Crippen molar-refractivity contribution in [3.63, 3.8) is 0 Å². The second-order valence-corrected chi connectivity index (χ2v) is 6.41. The molecule has 0 amide bonds. The maximum Gasteiger partial charge on any atom is 0.311 e. The highest BCUT2D eigenvalue weighted by Gasteiger charge is 2.22. The number of benzene rings is 3. The molecule has 3 rings (SSSR count). The summed E-state index contributed by atoms with van der Waals surface area (Å²) in [4.78, 5) is 11.9. The molecule has 3 aromatic carbocycles. The number of aliphatic carboxylic acids is 1. The monoisotopic (exact) mass is 396 g/mol. The highest BCUT2D eigenvalue weighted by atomic mass is 19.1. The summed E-state index contributed by atoms with van der Waals surface area (Å²) in [6.45, 7) is 0. The van der Waals surface area contributed by atoms with Crippen molar-refractivity contribution in [2.45, 2.75) is 12.3 Å². The summed E-state index contributed by atoms with van der Waals surface area (Å²) < 4.78 is 29.1. The van der Waals surface area contributed by atoms with Gasteiger partial charge in [0, 0.05) is 0 Å². The first-order chi connectivity index (χ1) is 14.0. The Kier molecular flexibility index (Phi) is 6.34. The largest absolute Gasteiger partial charge is 0.493 e. The number of methoxy groups -OCH3 is 2. The van der Waals surface area contributed by atoms with Gasteiger partial charge in [-0.2, -0.15) is 0 Å². The number of hydrogen-bond acceptors (Lipinski definition) is 4. The quantitative estimate of drug-likeness (QED) is 0.577. The molecule has 150 valence electrons. The summed E-state index contributed by atoms with van der Waals surface area (Å²) >= 11 is 0. The van der Waals surface area contributed by atoms with Gasteiger partial charge in [-0.3, -0.25) is 4.79 Å². The Morgan fingerprint density at radius 1 is 0.897 bits per heavy atom. The van der Waals surface area contributed by atoms with Gasteiger partial charge in [0.1, 0.15) is 17.3 Å². The van der Waals surface area contributed by atoms with E-state index in [1.54, 1.807) is 42.5 Å². The third kappa shape index (κ3) is 5.04. The molecule has 29 heavy (non-hydrogen) atoms. The topological polar surface area (TPSA) is 65.0 Å². The van der Waals surface area contributed by atoms with Crippen LogP contribution in [0.3, 0.4) is 0 Å². The van der Waals surface area contributed by atoms with Crippen molar-refractivity contribution in [3.05, 3.63) is 83.7 Å². The van der Waals surface area contributed by atoms with Gasteiger partial charge < -0.3 is 19.3 Å². The van der Waals surface area contributed by atoms with E-state index in [-0.39, 0.29) is 5.82 Å². The van der Waals surface area contributed by atoms with Crippen LogP contribution in [-0.4, -0.2) is 25.3 Å². The van der Waals surface area contributed by atoms with E-state index in [1.807, 2.05) is 12.1 Å². The molecule has 0 saturated heterocycles. The molecule has 0 fully saturated rings. The SMILES string of the molecule is COc1ccc(C(Cc2ccc(Oc3ccc(F)cc3)cc2)C(=O)O)cc1OC. The number of rotatable bonds is 8. The number of halogens is 1. The minimum Gasteiger partial charge on any atom is -0.493 e. The number of carboxylic acid groups (broad SMARTS) is 1. The summed E-state index contributed by atoms with van der Waals surface area (Å²) in [5, 5.41) is 9.72. The van der Waals surface area contributed by atoms with Gasteiger partial charge in [-0.1, -0.05) is 18.2 Å². The molecule has 1 unspecified atom stereocenters. The van der Waals surface area contributed by atoms with Gasteiger partial charge in [0.2, 0.25) is 0 Å². The molecule has 1 N–H and O–H groups in total. The van der Waals surface area contributed by atoms with E-state index >= 15 is 0 Å². The average Bonchev–Trinajstić information content (AvgIpc) is 2.74. The van der Waals surface area contributed by atoms with Crippen LogP contribution in [0, 0.1) is 5.82 Å². The lowest BCUT2D eigenvalue weighted by atomic mass is 9.91. The standard InChI is InChI=1S/C23H21FO5/c1-27-21-12-5-16(14-22(21)28-2)20(23(25)26)13-15-3-8-18(9-4-15)29-19-10-6-17(24)7-11-19/h3-12,14,20H,13H2,1-2H3,(H,25,26). The smallest absolute Gasteiger partial charge is 0.311 e. The molecule has 0 aromatic heterocycles.